The molecule has 5 rings (SSSR count). The molecule has 0 saturated heterocycles. The van der Waals surface area contributed by atoms with E-state index in [1.807, 2.05) is 18.3 Å². The van der Waals surface area contributed by atoms with Gasteiger partial charge in [-0.3, -0.25) is 14.6 Å². The first-order valence-electron chi connectivity index (χ1n) is 10.5. The number of rotatable bonds is 6. The number of hydrogen-bond acceptors (Lipinski definition) is 3. The first kappa shape index (κ1) is 24.4. The maximum Gasteiger partial charge on any atom is 0.231 e. The number of aromatic amines is 1. The average Bonchev–Trinajstić information content (AvgIpc) is 3.11. The molecule has 2 unspecified atom stereocenters. The van der Waals surface area contributed by atoms with Gasteiger partial charge in [0.1, 0.15) is 4.33 Å². The molecule has 2 aromatic heterocycles. The van der Waals surface area contributed by atoms with Crippen LogP contribution in [0.15, 0.2) is 60.9 Å². The van der Waals surface area contributed by atoms with Crippen LogP contribution >= 0.6 is 58.0 Å². The Morgan fingerprint density at radius 2 is 1.74 bits per heavy atom. The third kappa shape index (κ3) is 4.89. The summed E-state index contributed by atoms with van der Waals surface area (Å²) in [5.41, 5.74) is 2.85. The number of anilines is 1. The van der Waals surface area contributed by atoms with Crippen LogP contribution < -0.4 is 5.32 Å². The van der Waals surface area contributed by atoms with Crippen molar-refractivity contribution in [1.82, 2.24) is 9.97 Å². The van der Waals surface area contributed by atoms with Gasteiger partial charge in [0.2, 0.25) is 5.91 Å². The molecular formula is C25H16Cl5N3O2. The zero-order valence-corrected chi connectivity index (χ0v) is 21.6. The summed E-state index contributed by atoms with van der Waals surface area (Å²) in [6.07, 6.45) is 3.55. The van der Waals surface area contributed by atoms with E-state index in [0.29, 0.717) is 27.0 Å². The van der Waals surface area contributed by atoms with Crippen LogP contribution in [0.5, 0.6) is 0 Å². The van der Waals surface area contributed by atoms with Gasteiger partial charge in [-0.25, -0.2) is 0 Å². The topological polar surface area (TPSA) is 74.8 Å². The van der Waals surface area contributed by atoms with Crippen molar-refractivity contribution < 1.29 is 9.59 Å². The molecule has 2 aromatic carbocycles. The highest BCUT2D eigenvalue weighted by Crippen LogP contribution is 2.65. The molecule has 10 heteroatoms. The second kappa shape index (κ2) is 9.30. The lowest BCUT2D eigenvalue weighted by Crippen LogP contribution is -2.17. The molecule has 2 heterocycles. The van der Waals surface area contributed by atoms with E-state index in [4.69, 9.17) is 58.0 Å². The van der Waals surface area contributed by atoms with Crippen molar-refractivity contribution in [1.29, 1.82) is 0 Å². The summed E-state index contributed by atoms with van der Waals surface area (Å²) in [6.45, 7) is 0. The van der Waals surface area contributed by atoms with E-state index in [1.54, 1.807) is 36.5 Å². The SMILES string of the molecule is O=C(Cc1cc2cc[nH]c2cn1)c1cc(NC(=O)C2C(c3cc(Cl)cc(Cl)c3)C2(Cl)Cl)ccc1Cl. The van der Waals surface area contributed by atoms with Gasteiger partial charge < -0.3 is 10.3 Å². The summed E-state index contributed by atoms with van der Waals surface area (Å²) in [5, 5.41) is 4.87. The van der Waals surface area contributed by atoms with Gasteiger partial charge in [0.05, 0.1) is 29.1 Å². The van der Waals surface area contributed by atoms with Crippen LogP contribution in [-0.4, -0.2) is 26.0 Å². The van der Waals surface area contributed by atoms with Gasteiger partial charge in [0.25, 0.3) is 0 Å². The Morgan fingerprint density at radius 1 is 1.00 bits per heavy atom. The fourth-order valence-electron chi connectivity index (χ4n) is 4.21. The van der Waals surface area contributed by atoms with Crippen molar-refractivity contribution in [3.8, 4) is 0 Å². The first-order chi connectivity index (χ1) is 16.6. The Kier molecular flexibility index (Phi) is 6.49. The molecule has 0 spiro atoms. The Hall–Kier alpha value is -2.28. The standard InChI is InChI=1S/C25H16Cl5N3O2/c26-14-5-13(6-15(27)8-14)22-23(25(22,29)30)24(35)33-16-1-2-19(28)18(9-16)21(34)10-17-7-12-3-4-31-20(12)11-32-17/h1-9,11,22-23,31H,10H2,(H,33,35). The Bertz CT molecular complexity index is 1460. The Morgan fingerprint density at radius 3 is 2.49 bits per heavy atom. The van der Waals surface area contributed by atoms with Gasteiger partial charge in [0.15, 0.2) is 5.78 Å². The van der Waals surface area contributed by atoms with Crippen molar-refractivity contribution >= 4 is 86.3 Å². The van der Waals surface area contributed by atoms with Crippen molar-refractivity contribution in [3.63, 3.8) is 0 Å². The van der Waals surface area contributed by atoms with E-state index >= 15 is 0 Å². The number of alkyl halides is 2. The number of Topliss-reactive ketones (excluding diaryl/α,β-unsaturated/α-hetero) is 1. The maximum atomic E-state index is 13.0. The van der Waals surface area contributed by atoms with Gasteiger partial charge in [-0.15, -0.1) is 23.2 Å². The zero-order valence-electron chi connectivity index (χ0n) is 17.8. The van der Waals surface area contributed by atoms with E-state index in [1.165, 1.54) is 6.07 Å². The van der Waals surface area contributed by atoms with Gasteiger partial charge in [0, 0.05) is 44.5 Å². The molecule has 5 nitrogen and oxygen atoms in total. The van der Waals surface area contributed by atoms with Crippen LogP contribution in [0.2, 0.25) is 15.1 Å². The number of halogens is 5. The van der Waals surface area contributed by atoms with Crippen LogP contribution in [-0.2, 0) is 11.2 Å². The number of ketones is 1. The monoisotopic (exact) mass is 565 g/mol. The quantitative estimate of drug-likeness (QED) is 0.187. The molecule has 0 radical (unpaired) electrons. The average molecular weight is 568 g/mol. The predicted octanol–water partition coefficient (Wildman–Crippen LogP) is 7.47. The summed E-state index contributed by atoms with van der Waals surface area (Å²) in [5.74, 6) is -1.83. The summed E-state index contributed by atoms with van der Waals surface area (Å²) >= 11 is 31.4. The minimum Gasteiger partial charge on any atom is -0.360 e. The fourth-order valence-corrected chi connectivity index (χ4v) is 5.81. The molecule has 0 aliphatic heterocycles. The van der Waals surface area contributed by atoms with Crippen molar-refractivity contribution in [3.05, 3.63) is 92.8 Å². The molecule has 0 bridgehead atoms. The second-order valence-corrected chi connectivity index (χ2v) is 11.1. The summed E-state index contributed by atoms with van der Waals surface area (Å²) in [4.78, 5) is 33.4. The summed E-state index contributed by atoms with van der Waals surface area (Å²) in [7, 11) is 0. The van der Waals surface area contributed by atoms with E-state index in [0.717, 1.165) is 10.9 Å². The largest absolute Gasteiger partial charge is 0.360 e. The lowest BCUT2D eigenvalue weighted by Gasteiger charge is -2.09. The normalized spacial score (nSPS) is 18.4. The third-order valence-corrected chi connectivity index (χ3v) is 7.66. The minimum atomic E-state index is -1.31. The number of aromatic nitrogens is 2. The smallest absolute Gasteiger partial charge is 0.231 e. The van der Waals surface area contributed by atoms with Gasteiger partial charge in [-0.1, -0.05) is 34.8 Å². The van der Waals surface area contributed by atoms with E-state index in [-0.39, 0.29) is 22.8 Å². The highest BCUT2D eigenvalue weighted by Gasteiger charge is 2.67. The Balaban J connectivity index is 1.33. The number of amides is 1. The van der Waals surface area contributed by atoms with Crippen LogP contribution in [0.1, 0.15) is 27.5 Å². The number of carbonyl (C=O) groups excluding carboxylic acids is 2. The number of nitrogens with one attached hydrogen (secondary N) is 2. The lowest BCUT2D eigenvalue weighted by atomic mass is 10.0. The number of H-pyrrole nitrogens is 1. The second-order valence-electron chi connectivity index (χ2n) is 8.36. The molecular weight excluding hydrogens is 552 g/mol. The molecule has 178 valence electrons. The summed E-state index contributed by atoms with van der Waals surface area (Å²) < 4.78 is -1.31. The van der Waals surface area contributed by atoms with Crippen molar-refractivity contribution in [2.24, 2.45) is 5.92 Å². The molecule has 35 heavy (non-hydrogen) atoms. The fraction of sp³-hybridized carbons (Fsp3) is 0.160. The molecule has 1 saturated carbocycles. The van der Waals surface area contributed by atoms with Crippen LogP contribution in [0, 0.1) is 5.92 Å². The van der Waals surface area contributed by atoms with E-state index < -0.39 is 22.1 Å². The zero-order chi connectivity index (χ0) is 24.9. The van der Waals surface area contributed by atoms with Crippen LogP contribution in [0.4, 0.5) is 5.69 Å². The van der Waals surface area contributed by atoms with Crippen molar-refractivity contribution in [2.45, 2.75) is 16.7 Å². The Labute approximate surface area is 225 Å². The van der Waals surface area contributed by atoms with Gasteiger partial charge in [-0.05, 0) is 54.1 Å². The number of nitrogens with zero attached hydrogens (tertiary/aromatic N) is 1. The minimum absolute atomic E-state index is 0.0605. The summed E-state index contributed by atoms with van der Waals surface area (Å²) in [6, 6.07) is 13.4. The van der Waals surface area contributed by atoms with E-state index in [9.17, 15) is 9.59 Å². The number of benzene rings is 2. The number of fused-ring (bicyclic) bond motifs is 1. The molecule has 1 amide bonds. The molecule has 2 atom stereocenters. The number of pyridine rings is 1. The predicted molar refractivity (Wildman–Crippen MR) is 141 cm³/mol. The maximum absolute atomic E-state index is 13.0. The van der Waals surface area contributed by atoms with Crippen LogP contribution in [0.3, 0.4) is 0 Å². The first-order valence-corrected chi connectivity index (χ1v) is 12.4. The van der Waals surface area contributed by atoms with Crippen molar-refractivity contribution in [2.75, 3.05) is 5.32 Å². The van der Waals surface area contributed by atoms with Gasteiger partial charge >= 0.3 is 0 Å². The number of hydrogen-bond donors (Lipinski definition) is 2. The lowest BCUT2D eigenvalue weighted by molar-refractivity contribution is -0.117. The molecule has 2 N–H and O–H groups in total. The van der Waals surface area contributed by atoms with Gasteiger partial charge in [-0.2, -0.15) is 0 Å². The highest BCUT2D eigenvalue weighted by atomic mass is 35.5. The highest BCUT2D eigenvalue weighted by molar-refractivity contribution is 6.53. The molecule has 1 aliphatic carbocycles. The molecule has 1 aliphatic rings. The van der Waals surface area contributed by atoms with E-state index in [2.05, 4.69) is 15.3 Å². The molecule has 4 aromatic rings. The molecule has 1 fully saturated rings. The van der Waals surface area contributed by atoms with Crippen LogP contribution in [0.25, 0.3) is 10.9 Å². The number of carbonyl (C=O) groups is 2. The third-order valence-electron chi connectivity index (χ3n) is 5.95.